The van der Waals surface area contributed by atoms with Crippen molar-refractivity contribution in [3.8, 4) is 5.75 Å². The molecule has 0 saturated carbocycles. The second kappa shape index (κ2) is 4.99. The Bertz CT molecular complexity index is 463. The Balaban J connectivity index is 2.08. The number of benzene rings is 2. The maximum atomic E-state index is 9.12. The molecule has 0 aromatic heterocycles. The van der Waals surface area contributed by atoms with E-state index in [1.165, 1.54) is 10.8 Å². The van der Waals surface area contributed by atoms with E-state index in [0.29, 0.717) is 13.0 Å². The zero-order chi connectivity index (χ0) is 11.4. The van der Waals surface area contributed by atoms with Crippen molar-refractivity contribution in [3.05, 3.63) is 42.5 Å². The summed E-state index contributed by atoms with van der Waals surface area (Å²) in [6.07, 6.45) is 0.354. The molecule has 0 aliphatic carbocycles. The van der Waals surface area contributed by atoms with Crippen molar-refractivity contribution in [2.75, 3.05) is 6.61 Å². The average molecular weight is 216 g/mol. The van der Waals surface area contributed by atoms with Gasteiger partial charge in [0.15, 0.2) is 0 Å². The summed E-state index contributed by atoms with van der Waals surface area (Å²) in [5.74, 6) is 0.861. The molecule has 0 amide bonds. The maximum Gasteiger partial charge on any atom is 0.119 e. The summed E-state index contributed by atoms with van der Waals surface area (Å²) >= 11 is 0. The fourth-order valence-electron chi connectivity index (χ4n) is 1.60. The van der Waals surface area contributed by atoms with Crippen LogP contribution in [0.4, 0.5) is 0 Å². The number of rotatable bonds is 4. The minimum Gasteiger partial charge on any atom is -0.493 e. The quantitative estimate of drug-likeness (QED) is 0.851. The Morgan fingerprint density at radius 1 is 1.12 bits per heavy atom. The predicted molar refractivity (Wildman–Crippen MR) is 65.7 cm³/mol. The lowest BCUT2D eigenvalue weighted by Gasteiger charge is -2.08. The van der Waals surface area contributed by atoms with Crippen LogP contribution >= 0.6 is 0 Å². The minimum atomic E-state index is -0.305. The van der Waals surface area contributed by atoms with Gasteiger partial charge in [-0.25, -0.2) is 0 Å². The van der Waals surface area contributed by atoms with E-state index in [4.69, 9.17) is 9.84 Å². The molecular formula is C14H16O2. The molecule has 2 rings (SSSR count). The highest BCUT2D eigenvalue weighted by Crippen LogP contribution is 2.20. The molecule has 0 fully saturated rings. The normalized spacial score (nSPS) is 12.6. The van der Waals surface area contributed by atoms with E-state index >= 15 is 0 Å². The third kappa shape index (κ3) is 2.74. The Labute approximate surface area is 95.5 Å². The molecule has 0 aliphatic rings. The first kappa shape index (κ1) is 11.0. The standard InChI is InChI=1S/C14H16O2/c1-11(15)8-9-16-14-7-6-12-4-2-3-5-13(12)10-14/h2-7,10-11,15H,8-9H2,1H3. The number of ether oxygens (including phenoxy) is 1. The average Bonchev–Trinajstić information content (AvgIpc) is 2.28. The summed E-state index contributed by atoms with van der Waals surface area (Å²) in [6.45, 7) is 2.32. The van der Waals surface area contributed by atoms with E-state index in [9.17, 15) is 0 Å². The van der Waals surface area contributed by atoms with Crippen LogP contribution in [0.15, 0.2) is 42.5 Å². The zero-order valence-corrected chi connectivity index (χ0v) is 9.39. The Morgan fingerprint density at radius 3 is 2.62 bits per heavy atom. The van der Waals surface area contributed by atoms with Crippen molar-refractivity contribution in [2.45, 2.75) is 19.4 Å². The van der Waals surface area contributed by atoms with E-state index in [1.807, 2.05) is 30.3 Å². The van der Waals surface area contributed by atoms with E-state index in [1.54, 1.807) is 6.92 Å². The van der Waals surface area contributed by atoms with Gasteiger partial charge in [-0.05, 0) is 29.8 Å². The van der Waals surface area contributed by atoms with Crippen LogP contribution in [0.5, 0.6) is 5.75 Å². The molecule has 2 nitrogen and oxygen atoms in total. The Hall–Kier alpha value is -1.54. The van der Waals surface area contributed by atoms with Crippen LogP contribution in [-0.4, -0.2) is 17.8 Å². The van der Waals surface area contributed by atoms with Crippen molar-refractivity contribution >= 4 is 10.8 Å². The molecule has 0 saturated heterocycles. The molecule has 0 bridgehead atoms. The van der Waals surface area contributed by atoms with E-state index in [-0.39, 0.29) is 6.10 Å². The third-order valence-electron chi connectivity index (χ3n) is 2.53. The minimum absolute atomic E-state index is 0.305. The molecule has 0 aliphatic heterocycles. The van der Waals surface area contributed by atoms with Gasteiger partial charge >= 0.3 is 0 Å². The monoisotopic (exact) mass is 216 g/mol. The molecule has 1 N–H and O–H groups in total. The highest BCUT2D eigenvalue weighted by molar-refractivity contribution is 5.83. The molecule has 1 unspecified atom stereocenters. The van der Waals surface area contributed by atoms with Gasteiger partial charge in [-0.3, -0.25) is 0 Å². The summed E-state index contributed by atoms with van der Waals surface area (Å²) in [5.41, 5.74) is 0. The van der Waals surface area contributed by atoms with E-state index < -0.39 is 0 Å². The van der Waals surface area contributed by atoms with Gasteiger partial charge in [-0.1, -0.05) is 30.3 Å². The van der Waals surface area contributed by atoms with Crippen LogP contribution in [0.3, 0.4) is 0 Å². The number of hydrogen-bond acceptors (Lipinski definition) is 2. The van der Waals surface area contributed by atoms with Gasteiger partial charge in [0.2, 0.25) is 0 Å². The Kier molecular flexibility index (Phi) is 3.42. The van der Waals surface area contributed by atoms with Crippen LogP contribution in [0, 0.1) is 0 Å². The van der Waals surface area contributed by atoms with Crippen LogP contribution in [-0.2, 0) is 0 Å². The molecule has 2 aromatic rings. The van der Waals surface area contributed by atoms with Crippen LogP contribution in [0.1, 0.15) is 13.3 Å². The lowest BCUT2D eigenvalue weighted by molar-refractivity contribution is 0.155. The van der Waals surface area contributed by atoms with Gasteiger partial charge in [0, 0.05) is 6.42 Å². The van der Waals surface area contributed by atoms with Crippen LogP contribution in [0.25, 0.3) is 10.8 Å². The maximum absolute atomic E-state index is 9.12. The van der Waals surface area contributed by atoms with Gasteiger partial charge in [-0.15, -0.1) is 0 Å². The predicted octanol–water partition coefficient (Wildman–Crippen LogP) is 2.99. The zero-order valence-electron chi connectivity index (χ0n) is 9.39. The SMILES string of the molecule is CC(O)CCOc1ccc2ccccc2c1. The summed E-state index contributed by atoms with van der Waals surface area (Å²) in [4.78, 5) is 0. The van der Waals surface area contributed by atoms with Gasteiger partial charge in [-0.2, -0.15) is 0 Å². The van der Waals surface area contributed by atoms with Gasteiger partial charge in [0.1, 0.15) is 5.75 Å². The molecule has 0 heterocycles. The Morgan fingerprint density at radius 2 is 1.88 bits per heavy atom. The molecule has 1 atom stereocenters. The lowest BCUT2D eigenvalue weighted by Crippen LogP contribution is -2.07. The number of fused-ring (bicyclic) bond motifs is 1. The van der Waals surface area contributed by atoms with Gasteiger partial charge in [0.25, 0.3) is 0 Å². The summed E-state index contributed by atoms with van der Waals surface area (Å²) in [5, 5.41) is 11.5. The second-order valence-electron chi connectivity index (χ2n) is 4.00. The topological polar surface area (TPSA) is 29.5 Å². The fourth-order valence-corrected chi connectivity index (χ4v) is 1.60. The smallest absolute Gasteiger partial charge is 0.119 e. The molecule has 2 aromatic carbocycles. The van der Waals surface area contributed by atoms with Crippen molar-refractivity contribution in [1.82, 2.24) is 0 Å². The number of aliphatic hydroxyl groups is 1. The molecular weight excluding hydrogens is 200 g/mol. The molecule has 0 spiro atoms. The van der Waals surface area contributed by atoms with Crippen molar-refractivity contribution in [3.63, 3.8) is 0 Å². The van der Waals surface area contributed by atoms with Gasteiger partial charge in [0.05, 0.1) is 12.7 Å². The first-order chi connectivity index (χ1) is 7.75. The van der Waals surface area contributed by atoms with Crippen molar-refractivity contribution < 1.29 is 9.84 Å². The number of aliphatic hydroxyl groups excluding tert-OH is 1. The third-order valence-corrected chi connectivity index (χ3v) is 2.53. The first-order valence-electron chi connectivity index (χ1n) is 5.55. The summed E-state index contributed by atoms with van der Waals surface area (Å²) in [7, 11) is 0. The molecule has 16 heavy (non-hydrogen) atoms. The second-order valence-corrected chi connectivity index (χ2v) is 4.00. The van der Waals surface area contributed by atoms with Gasteiger partial charge < -0.3 is 9.84 Å². The summed E-state index contributed by atoms with van der Waals surface area (Å²) < 4.78 is 5.56. The summed E-state index contributed by atoms with van der Waals surface area (Å²) in [6, 6.07) is 14.2. The lowest BCUT2D eigenvalue weighted by atomic mass is 10.1. The van der Waals surface area contributed by atoms with Crippen LogP contribution < -0.4 is 4.74 Å². The van der Waals surface area contributed by atoms with E-state index in [0.717, 1.165) is 5.75 Å². The highest BCUT2D eigenvalue weighted by Gasteiger charge is 1.99. The molecule has 2 heteroatoms. The van der Waals surface area contributed by atoms with Crippen molar-refractivity contribution in [1.29, 1.82) is 0 Å². The van der Waals surface area contributed by atoms with E-state index in [2.05, 4.69) is 12.1 Å². The first-order valence-corrected chi connectivity index (χ1v) is 5.55. The molecule has 84 valence electrons. The largest absolute Gasteiger partial charge is 0.493 e. The highest BCUT2D eigenvalue weighted by atomic mass is 16.5. The fraction of sp³-hybridized carbons (Fsp3) is 0.286. The van der Waals surface area contributed by atoms with Crippen molar-refractivity contribution in [2.24, 2.45) is 0 Å². The van der Waals surface area contributed by atoms with Crippen LogP contribution in [0.2, 0.25) is 0 Å². The molecule has 0 radical (unpaired) electrons. The number of hydrogen-bond donors (Lipinski definition) is 1.